The number of rotatable bonds is 8. The fourth-order valence-electron chi connectivity index (χ4n) is 5.39. The maximum Gasteiger partial charge on any atom is 0.129 e. The quantitative estimate of drug-likeness (QED) is 0.238. The lowest BCUT2D eigenvalue weighted by atomic mass is 10.0. The summed E-state index contributed by atoms with van der Waals surface area (Å²) in [6.45, 7) is 2.84. The second kappa shape index (κ2) is 10.6. The molecule has 1 aliphatic heterocycles. The second-order valence-corrected chi connectivity index (χ2v) is 11.0. The van der Waals surface area contributed by atoms with Crippen LogP contribution in [0.2, 0.25) is 0 Å². The van der Waals surface area contributed by atoms with E-state index in [-0.39, 0.29) is 11.9 Å². The number of halogens is 1. The molecule has 7 rings (SSSR count). The van der Waals surface area contributed by atoms with Crippen molar-refractivity contribution in [2.45, 2.75) is 6.04 Å². The largest absolute Gasteiger partial charge is 0.492 e. The number of fused-ring (bicyclic) bond motifs is 2. The number of benzene rings is 2. The molecular weight excluding hydrogens is 531 g/mol. The van der Waals surface area contributed by atoms with Gasteiger partial charge < -0.3 is 25.3 Å². The average Bonchev–Trinajstić information content (AvgIpc) is 3.59. The molecule has 1 aliphatic rings. The molecule has 5 heterocycles. The number of anilines is 1. The number of likely N-dealkylation sites (N-methyl/N-ethyl adjacent to an activating group) is 1. The Bertz CT molecular complexity index is 1910. The van der Waals surface area contributed by atoms with Crippen LogP contribution in [0.4, 0.5) is 10.2 Å². The third kappa shape index (κ3) is 4.95. The first kappa shape index (κ1) is 26.1. The molecule has 1 saturated heterocycles. The van der Waals surface area contributed by atoms with E-state index in [0.717, 1.165) is 75.5 Å². The maximum absolute atomic E-state index is 14.6. The van der Waals surface area contributed by atoms with Crippen LogP contribution in [0.5, 0.6) is 5.75 Å². The number of nitrogens with one attached hydrogen (secondary N) is 2. The van der Waals surface area contributed by atoms with Crippen molar-refractivity contribution in [3.05, 3.63) is 78.9 Å². The van der Waals surface area contributed by atoms with E-state index in [0.29, 0.717) is 17.9 Å². The molecule has 0 unspecified atom stereocenters. The Morgan fingerprint density at radius 3 is 2.71 bits per heavy atom. The summed E-state index contributed by atoms with van der Waals surface area (Å²) in [7, 11) is 3.94. The summed E-state index contributed by atoms with van der Waals surface area (Å²) in [5.41, 5.74) is 12.7. The van der Waals surface area contributed by atoms with Crippen LogP contribution in [0.15, 0.2) is 73.1 Å². The molecule has 0 saturated carbocycles. The van der Waals surface area contributed by atoms with Crippen LogP contribution in [0.3, 0.4) is 0 Å². The summed E-state index contributed by atoms with van der Waals surface area (Å²) in [6, 6.07) is 19.3. The smallest absolute Gasteiger partial charge is 0.129 e. The highest BCUT2D eigenvalue weighted by atomic mass is 19.1. The topological polar surface area (TPSA) is 112 Å². The molecule has 0 atom stereocenters. The SMILES string of the molecule is CN(C)CCOc1cc(F)cc(-c2cncc3[nH]c(-c4n[nH]c5ccc(-c6cccc(N7CC(N)C7)n6)cc45)cc23)c1. The maximum atomic E-state index is 14.6. The Hall–Kier alpha value is -4.80. The van der Waals surface area contributed by atoms with E-state index in [2.05, 4.69) is 31.1 Å². The Morgan fingerprint density at radius 1 is 1.00 bits per heavy atom. The number of hydrogen-bond acceptors (Lipinski definition) is 7. The Kier molecular flexibility index (Phi) is 6.56. The van der Waals surface area contributed by atoms with E-state index in [4.69, 9.17) is 15.5 Å². The molecule has 0 spiro atoms. The van der Waals surface area contributed by atoms with Gasteiger partial charge in [-0.15, -0.1) is 0 Å². The summed E-state index contributed by atoms with van der Waals surface area (Å²) in [6.07, 6.45) is 3.52. The molecule has 0 aliphatic carbocycles. The van der Waals surface area contributed by atoms with Gasteiger partial charge in [0.05, 0.1) is 28.6 Å². The van der Waals surface area contributed by atoms with Gasteiger partial charge >= 0.3 is 0 Å². The fraction of sp³-hybridized carbons (Fsp3) is 0.219. The molecule has 42 heavy (non-hydrogen) atoms. The third-order valence-electron chi connectivity index (χ3n) is 7.62. The van der Waals surface area contributed by atoms with Crippen molar-refractivity contribution in [3.8, 4) is 39.5 Å². The zero-order chi connectivity index (χ0) is 28.8. The minimum atomic E-state index is -0.361. The molecule has 0 bridgehead atoms. The molecule has 0 radical (unpaired) electrons. The summed E-state index contributed by atoms with van der Waals surface area (Å²) in [5, 5.41) is 9.68. The Balaban J connectivity index is 1.24. The van der Waals surface area contributed by atoms with Crippen molar-refractivity contribution in [2.75, 3.05) is 45.2 Å². The second-order valence-electron chi connectivity index (χ2n) is 11.0. The van der Waals surface area contributed by atoms with Gasteiger partial charge in [0.15, 0.2) is 0 Å². The Morgan fingerprint density at radius 2 is 1.88 bits per heavy atom. The minimum Gasteiger partial charge on any atom is -0.492 e. The summed E-state index contributed by atoms with van der Waals surface area (Å²) in [5.74, 6) is 1.06. The predicted octanol–water partition coefficient (Wildman–Crippen LogP) is 5.06. The van der Waals surface area contributed by atoms with Gasteiger partial charge in [-0.25, -0.2) is 9.37 Å². The normalized spacial score (nSPS) is 13.8. The number of H-pyrrole nitrogens is 2. The van der Waals surface area contributed by atoms with Crippen LogP contribution < -0.4 is 15.4 Å². The van der Waals surface area contributed by atoms with Gasteiger partial charge in [0.1, 0.15) is 29.7 Å². The van der Waals surface area contributed by atoms with E-state index < -0.39 is 0 Å². The van der Waals surface area contributed by atoms with Crippen LogP contribution in [-0.4, -0.2) is 76.4 Å². The van der Waals surface area contributed by atoms with Crippen LogP contribution >= 0.6 is 0 Å². The van der Waals surface area contributed by atoms with Crippen molar-refractivity contribution >= 4 is 27.6 Å². The molecular formula is C32H31FN8O. The number of nitrogens with two attached hydrogens (primary N) is 1. The zero-order valence-corrected chi connectivity index (χ0v) is 23.4. The third-order valence-corrected chi connectivity index (χ3v) is 7.62. The van der Waals surface area contributed by atoms with Crippen molar-refractivity contribution in [1.82, 2.24) is 30.0 Å². The lowest BCUT2D eigenvalue weighted by Crippen LogP contribution is -2.56. The molecule has 2 aromatic carbocycles. The lowest BCUT2D eigenvalue weighted by Gasteiger charge is -2.37. The first-order valence-electron chi connectivity index (χ1n) is 13.9. The first-order valence-corrected chi connectivity index (χ1v) is 13.9. The highest BCUT2D eigenvalue weighted by molar-refractivity contribution is 6.01. The molecule has 10 heteroatoms. The number of nitrogens with zero attached hydrogens (tertiary/aromatic N) is 5. The van der Waals surface area contributed by atoms with Crippen LogP contribution in [0.1, 0.15) is 0 Å². The predicted molar refractivity (Wildman–Crippen MR) is 164 cm³/mol. The van der Waals surface area contributed by atoms with E-state index >= 15 is 0 Å². The standard InChI is InChI=1S/C32H31FN8O/c1-40(2)8-9-42-23-11-20(10-21(33)13-23)26-15-35-16-30-24(26)14-29(36-30)32-25-12-19(6-7-28(25)38-39-32)27-4-3-5-31(37-27)41-17-22(34)18-41/h3-7,10-16,22,36H,8-9,17-18,34H2,1-2H3,(H,38,39). The minimum absolute atomic E-state index is 0.205. The van der Waals surface area contributed by atoms with Gasteiger partial charge in [-0.3, -0.25) is 10.1 Å². The van der Waals surface area contributed by atoms with Gasteiger partial charge in [0.2, 0.25) is 0 Å². The summed E-state index contributed by atoms with van der Waals surface area (Å²) in [4.78, 5) is 17.0. The average molecular weight is 563 g/mol. The molecule has 1 fully saturated rings. The molecule has 4 aromatic heterocycles. The van der Waals surface area contributed by atoms with E-state index in [1.807, 2.05) is 61.5 Å². The molecule has 6 aromatic rings. The van der Waals surface area contributed by atoms with Crippen LogP contribution in [0.25, 0.3) is 55.6 Å². The van der Waals surface area contributed by atoms with E-state index in [1.165, 1.54) is 12.1 Å². The van der Waals surface area contributed by atoms with Crippen molar-refractivity contribution in [1.29, 1.82) is 0 Å². The van der Waals surface area contributed by atoms with Crippen LogP contribution in [0, 0.1) is 5.82 Å². The van der Waals surface area contributed by atoms with Crippen molar-refractivity contribution in [3.63, 3.8) is 0 Å². The molecule has 0 amide bonds. The molecule has 4 N–H and O–H groups in total. The fourth-order valence-corrected chi connectivity index (χ4v) is 5.39. The lowest BCUT2D eigenvalue weighted by molar-refractivity contribution is 0.260. The van der Waals surface area contributed by atoms with Gasteiger partial charge in [-0.05, 0) is 62.1 Å². The van der Waals surface area contributed by atoms with Gasteiger partial charge in [-0.2, -0.15) is 5.10 Å². The van der Waals surface area contributed by atoms with Crippen molar-refractivity contribution < 1.29 is 9.13 Å². The highest BCUT2D eigenvalue weighted by Gasteiger charge is 2.24. The number of hydrogen-bond donors (Lipinski definition) is 3. The van der Waals surface area contributed by atoms with E-state index in [9.17, 15) is 4.39 Å². The molecule has 212 valence electrons. The number of aromatic nitrogens is 5. The van der Waals surface area contributed by atoms with Gasteiger partial charge in [0.25, 0.3) is 0 Å². The molecule has 9 nitrogen and oxygen atoms in total. The van der Waals surface area contributed by atoms with Crippen molar-refractivity contribution in [2.24, 2.45) is 5.73 Å². The van der Waals surface area contributed by atoms with Gasteiger partial charge in [0, 0.05) is 59.8 Å². The summed E-state index contributed by atoms with van der Waals surface area (Å²) >= 11 is 0. The zero-order valence-electron chi connectivity index (χ0n) is 23.4. The van der Waals surface area contributed by atoms with Crippen LogP contribution in [-0.2, 0) is 0 Å². The monoisotopic (exact) mass is 562 g/mol. The first-order chi connectivity index (χ1) is 20.4. The number of ether oxygens (including phenoxy) is 1. The Labute approximate surface area is 242 Å². The number of aromatic amines is 2. The highest BCUT2D eigenvalue weighted by Crippen LogP contribution is 2.36. The van der Waals surface area contributed by atoms with Gasteiger partial charge in [-0.1, -0.05) is 12.1 Å². The van der Waals surface area contributed by atoms with E-state index in [1.54, 1.807) is 12.4 Å². The summed E-state index contributed by atoms with van der Waals surface area (Å²) < 4.78 is 20.5. The number of pyridine rings is 2.